The van der Waals surface area contributed by atoms with Crippen LogP contribution >= 0.6 is 0 Å². The van der Waals surface area contributed by atoms with Crippen LogP contribution in [-0.2, 0) is 0 Å². The van der Waals surface area contributed by atoms with E-state index in [4.69, 9.17) is 15.2 Å². The van der Waals surface area contributed by atoms with Crippen LogP contribution in [-0.4, -0.2) is 47.7 Å². The summed E-state index contributed by atoms with van der Waals surface area (Å²) in [6, 6.07) is 8.19. The van der Waals surface area contributed by atoms with Gasteiger partial charge in [-0.05, 0) is 44.0 Å². The number of anilines is 3. The fourth-order valence-electron chi connectivity index (χ4n) is 3.41. The maximum atomic E-state index is 6.11. The second-order valence-corrected chi connectivity index (χ2v) is 6.99. The van der Waals surface area contributed by atoms with Gasteiger partial charge < -0.3 is 20.5 Å². The van der Waals surface area contributed by atoms with Crippen LogP contribution in [0.1, 0.15) is 19.3 Å². The number of methoxy groups -OCH3 is 1. The highest BCUT2D eigenvalue weighted by Crippen LogP contribution is 2.34. The average molecular weight is 355 g/mol. The minimum atomic E-state index is 0.425. The van der Waals surface area contributed by atoms with Crippen molar-refractivity contribution in [1.82, 2.24) is 14.9 Å². The predicted molar refractivity (Wildman–Crippen MR) is 101 cm³/mol. The molecule has 1 aliphatic carbocycles. The van der Waals surface area contributed by atoms with Crippen LogP contribution < -0.4 is 20.5 Å². The maximum absolute atomic E-state index is 6.11. The Kier molecular flexibility index (Phi) is 4.79. The summed E-state index contributed by atoms with van der Waals surface area (Å²) in [5, 5.41) is 3.15. The van der Waals surface area contributed by atoms with Gasteiger partial charge in [-0.1, -0.05) is 0 Å². The summed E-state index contributed by atoms with van der Waals surface area (Å²) in [5.41, 5.74) is 6.53. The Morgan fingerprint density at radius 2 is 2.12 bits per heavy atom. The molecule has 1 aromatic heterocycles. The van der Waals surface area contributed by atoms with Gasteiger partial charge in [-0.2, -0.15) is 4.98 Å². The lowest BCUT2D eigenvalue weighted by Crippen LogP contribution is -2.24. The fourth-order valence-corrected chi connectivity index (χ4v) is 3.41. The Bertz CT molecular complexity index is 765. The third-order valence-corrected chi connectivity index (χ3v) is 4.95. The molecule has 1 saturated heterocycles. The lowest BCUT2D eigenvalue weighted by atomic mass is 10.1. The van der Waals surface area contributed by atoms with Crippen molar-refractivity contribution in [3.8, 4) is 11.5 Å². The van der Waals surface area contributed by atoms with E-state index in [2.05, 4.69) is 20.2 Å². The van der Waals surface area contributed by atoms with Gasteiger partial charge in [-0.25, -0.2) is 4.98 Å². The number of nitrogens with one attached hydrogen (secondary N) is 1. The summed E-state index contributed by atoms with van der Waals surface area (Å²) >= 11 is 0. The van der Waals surface area contributed by atoms with Crippen molar-refractivity contribution in [3.05, 3.63) is 30.5 Å². The Morgan fingerprint density at radius 1 is 1.23 bits per heavy atom. The zero-order valence-corrected chi connectivity index (χ0v) is 15.0. The van der Waals surface area contributed by atoms with Gasteiger partial charge in [0.15, 0.2) is 11.5 Å². The minimum Gasteiger partial charge on any atom is -0.493 e. The summed E-state index contributed by atoms with van der Waals surface area (Å²) in [5.74, 6) is 2.91. The van der Waals surface area contributed by atoms with Crippen molar-refractivity contribution < 1.29 is 9.47 Å². The quantitative estimate of drug-likeness (QED) is 0.790. The van der Waals surface area contributed by atoms with Crippen molar-refractivity contribution >= 4 is 17.5 Å². The molecule has 1 atom stereocenters. The van der Waals surface area contributed by atoms with Gasteiger partial charge in [-0.15, -0.1) is 0 Å². The van der Waals surface area contributed by atoms with E-state index >= 15 is 0 Å². The smallest absolute Gasteiger partial charge is 0.229 e. The minimum absolute atomic E-state index is 0.425. The van der Waals surface area contributed by atoms with Crippen LogP contribution in [0.5, 0.6) is 11.5 Å². The van der Waals surface area contributed by atoms with Gasteiger partial charge in [0.1, 0.15) is 5.82 Å². The molecule has 2 heterocycles. The first-order chi connectivity index (χ1) is 12.7. The van der Waals surface area contributed by atoms with Crippen LogP contribution in [0.2, 0.25) is 0 Å². The molecule has 2 aromatic rings. The summed E-state index contributed by atoms with van der Waals surface area (Å²) < 4.78 is 11.5. The van der Waals surface area contributed by atoms with Gasteiger partial charge in [0.2, 0.25) is 5.95 Å². The first kappa shape index (κ1) is 16.9. The Labute approximate surface area is 153 Å². The molecule has 0 radical (unpaired) electrons. The SMILES string of the molecule is COc1ccc(Nc2nccc(N)n2)cc1OCC1CCN(C2CC2)C1. The Balaban J connectivity index is 1.41. The Hall–Kier alpha value is -2.54. The van der Waals surface area contributed by atoms with Gasteiger partial charge >= 0.3 is 0 Å². The summed E-state index contributed by atoms with van der Waals surface area (Å²) in [6.07, 6.45) is 5.55. The molecule has 0 spiro atoms. The van der Waals surface area contributed by atoms with Crippen molar-refractivity contribution in [3.63, 3.8) is 0 Å². The van der Waals surface area contributed by atoms with Gasteiger partial charge in [0.25, 0.3) is 0 Å². The summed E-state index contributed by atoms with van der Waals surface area (Å²) in [6.45, 7) is 3.05. The molecule has 2 fully saturated rings. The van der Waals surface area contributed by atoms with Gasteiger partial charge in [0, 0.05) is 36.5 Å². The number of benzene rings is 1. The number of nitrogens with zero attached hydrogens (tertiary/aromatic N) is 3. The third-order valence-electron chi connectivity index (χ3n) is 4.95. The highest BCUT2D eigenvalue weighted by atomic mass is 16.5. The van der Waals surface area contributed by atoms with E-state index in [-0.39, 0.29) is 0 Å². The third kappa shape index (κ3) is 3.99. The molecule has 26 heavy (non-hydrogen) atoms. The molecule has 0 bridgehead atoms. The number of hydrogen-bond donors (Lipinski definition) is 2. The predicted octanol–water partition coefficient (Wildman–Crippen LogP) is 2.67. The van der Waals surface area contributed by atoms with Crippen LogP contribution in [0.3, 0.4) is 0 Å². The topological polar surface area (TPSA) is 85.5 Å². The van der Waals surface area contributed by atoms with E-state index in [1.165, 1.54) is 25.8 Å². The molecule has 4 rings (SSSR count). The molecule has 7 nitrogen and oxygen atoms in total. The van der Waals surface area contributed by atoms with E-state index in [0.717, 1.165) is 29.8 Å². The summed E-state index contributed by atoms with van der Waals surface area (Å²) in [4.78, 5) is 10.9. The molecule has 1 aliphatic heterocycles. The molecular weight excluding hydrogens is 330 g/mol. The monoisotopic (exact) mass is 355 g/mol. The fraction of sp³-hybridized carbons (Fsp3) is 0.474. The lowest BCUT2D eigenvalue weighted by Gasteiger charge is -2.17. The normalized spacial score (nSPS) is 20.1. The Morgan fingerprint density at radius 3 is 2.88 bits per heavy atom. The van der Waals surface area contributed by atoms with Crippen molar-refractivity contribution in [2.24, 2.45) is 5.92 Å². The first-order valence-electron chi connectivity index (χ1n) is 9.11. The van der Waals surface area contributed by atoms with E-state index in [0.29, 0.717) is 24.3 Å². The number of nitrogens with two attached hydrogens (primary N) is 1. The first-order valence-corrected chi connectivity index (χ1v) is 9.11. The second-order valence-electron chi connectivity index (χ2n) is 6.99. The molecule has 0 amide bonds. The zero-order valence-electron chi connectivity index (χ0n) is 15.0. The lowest BCUT2D eigenvalue weighted by molar-refractivity contribution is 0.230. The second kappa shape index (κ2) is 7.37. The maximum Gasteiger partial charge on any atom is 0.229 e. The van der Waals surface area contributed by atoms with Crippen molar-refractivity contribution in [2.75, 3.05) is 37.9 Å². The standard InChI is InChI=1S/C19H25N5O2/c1-25-16-5-2-14(22-19-21-8-6-18(20)23-19)10-17(16)26-12-13-7-9-24(11-13)15-3-4-15/h2,5-6,8,10,13,15H,3-4,7,9,11-12H2,1H3,(H3,20,21,22,23). The average Bonchev–Trinajstić information content (AvgIpc) is 3.38. The summed E-state index contributed by atoms with van der Waals surface area (Å²) in [7, 11) is 1.65. The van der Waals surface area contributed by atoms with E-state index < -0.39 is 0 Å². The van der Waals surface area contributed by atoms with Crippen LogP contribution in [0, 0.1) is 5.92 Å². The zero-order chi connectivity index (χ0) is 17.9. The molecular formula is C19H25N5O2. The number of rotatable bonds is 7. The molecule has 1 unspecified atom stereocenters. The molecule has 2 aliphatic rings. The van der Waals surface area contributed by atoms with Gasteiger partial charge in [0.05, 0.1) is 13.7 Å². The number of likely N-dealkylation sites (tertiary alicyclic amines) is 1. The van der Waals surface area contributed by atoms with Gasteiger partial charge in [-0.3, -0.25) is 4.90 Å². The van der Waals surface area contributed by atoms with Crippen molar-refractivity contribution in [2.45, 2.75) is 25.3 Å². The van der Waals surface area contributed by atoms with Crippen LogP contribution in [0.15, 0.2) is 30.5 Å². The van der Waals surface area contributed by atoms with Crippen LogP contribution in [0.25, 0.3) is 0 Å². The van der Waals surface area contributed by atoms with Crippen molar-refractivity contribution in [1.29, 1.82) is 0 Å². The number of ether oxygens (including phenoxy) is 2. The van der Waals surface area contributed by atoms with E-state index in [1.54, 1.807) is 19.4 Å². The molecule has 138 valence electrons. The molecule has 1 saturated carbocycles. The number of nitrogen functional groups attached to an aromatic ring is 1. The largest absolute Gasteiger partial charge is 0.493 e. The van der Waals surface area contributed by atoms with E-state index in [9.17, 15) is 0 Å². The number of aromatic nitrogens is 2. The van der Waals surface area contributed by atoms with Crippen LogP contribution in [0.4, 0.5) is 17.5 Å². The number of hydrogen-bond acceptors (Lipinski definition) is 7. The molecule has 7 heteroatoms. The molecule has 1 aromatic carbocycles. The van der Waals surface area contributed by atoms with E-state index in [1.807, 2.05) is 18.2 Å². The molecule has 3 N–H and O–H groups in total. The highest BCUT2D eigenvalue weighted by Gasteiger charge is 2.34. The highest BCUT2D eigenvalue weighted by molar-refractivity contribution is 5.60.